The molecule has 0 aliphatic carbocycles. The van der Waals surface area contributed by atoms with E-state index in [1.165, 1.54) is 0 Å². The number of hydrogen-bond donors (Lipinski definition) is 1. The topological polar surface area (TPSA) is 38.1 Å². The zero-order valence-corrected chi connectivity index (χ0v) is 10.4. The predicted molar refractivity (Wildman–Crippen MR) is 66.4 cm³/mol. The van der Waals surface area contributed by atoms with E-state index in [4.69, 9.17) is 4.42 Å². The lowest BCUT2D eigenvalue weighted by molar-refractivity contribution is 0.459. The zero-order valence-electron chi connectivity index (χ0n) is 9.56. The second-order valence-corrected chi connectivity index (χ2v) is 4.94. The van der Waals surface area contributed by atoms with Crippen LogP contribution in [0.2, 0.25) is 0 Å². The third-order valence-electron chi connectivity index (χ3n) is 2.19. The van der Waals surface area contributed by atoms with Crippen molar-refractivity contribution >= 4 is 11.3 Å². The molecule has 0 saturated heterocycles. The summed E-state index contributed by atoms with van der Waals surface area (Å²) in [6.07, 6.45) is 1.79. The van der Waals surface area contributed by atoms with Crippen LogP contribution in [-0.4, -0.2) is 11.5 Å². The van der Waals surface area contributed by atoms with Crippen molar-refractivity contribution in [3.63, 3.8) is 0 Å². The van der Waals surface area contributed by atoms with Crippen LogP contribution < -0.4 is 5.32 Å². The second kappa shape index (κ2) is 5.27. The number of rotatable bonds is 5. The van der Waals surface area contributed by atoms with Gasteiger partial charge in [0.15, 0.2) is 5.76 Å². The number of aromatic nitrogens is 1. The van der Waals surface area contributed by atoms with E-state index in [2.05, 4.69) is 29.5 Å². The van der Waals surface area contributed by atoms with E-state index in [0.29, 0.717) is 12.5 Å². The molecule has 2 aromatic rings. The molecule has 86 valence electrons. The molecule has 4 heteroatoms. The molecule has 0 atom stereocenters. The van der Waals surface area contributed by atoms with E-state index < -0.39 is 0 Å². The molecule has 2 rings (SSSR count). The first-order chi connectivity index (χ1) is 7.75. The maximum atomic E-state index is 5.64. The molecular weight excluding hydrogens is 220 g/mol. The predicted octanol–water partition coefficient (Wildman–Crippen LogP) is 3.15. The normalized spacial score (nSPS) is 11.2. The van der Waals surface area contributed by atoms with Crippen molar-refractivity contribution < 1.29 is 4.42 Å². The molecule has 3 nitrogen and oxygen atoms in total. The minimum atomic E-state index is 0.645. The fourth-order valence-electron chi connectivity index (χ4n) is 1.40. The maximum Gasteiger partial charge on any atom is 0.208 e. The molecule has 0 saturated carbocycles. The average molecular weight is 236 g/mol. The first-order valence-corrected chi connectivity index (χ1v) is 6.38. The number of nitrogens with zero attached hydrogens (tertiary/aromatic N) is 1. The summed E-state index contributed by atoms with van der Waals surface area (Å²) in [7, 11) is 0. The number of thiophene rings is 1. The van der Waals surface area contributed by atoms with Gasteiger partial charge in [0, 0.05) is 10.9 Å². The Bertz CT molecular complexity index is 420. The Morgan fingerprint density at radius 3 is 3.06 bits per heavy atom. The van der Waals surface area contributed by atoms with E-state index in [-0.39, 0.29) is 0 Å². The van der Waals surface area contributed by atoms with Gasteiger partial charge in [-0.2, -0.15) is 11.3 Å². The van der Waals surface area contributed by atoms with Gasteiger partial charge in [-0.25, -0.2) is 4.98 Å². The highest BCUT2D eigenvalue weighted by Crippen LogP contribution is 2.22. The summed E-state index contributed by atoms with van der Waals surface area (Å²) in [4.78, 5) is 4.24. The fourth-order valence-corrected chi connectivity index (χ4v) is 2.04. The molecule has 0 spiro atoms. The summed E-state index contributed by atoms with van der Waals surface area (Å²) < 4.78 is 5.64. The van der Waals surface area contributed by atoms with E-state index >= 15 is 0 Å². The molecule has 0 aliphatic heterocycles. The monoisotopic (exact) mass is 236 g/mol. The first kappa shape index (κ1) is 11.4. The van der Waals surface area contributed by atoms with E-state index in [9.17, 15) is 0 Å². The summed E-state index contributed by atoms with van der Waals surface area (Å²) in [6.45, 7) is 6.04. The van der Waals surface area contributed by atoms with E-state index in [0.717, 1.165) is 23.8 Å². The molecular formula is C12H16N2OS. The largest absolute Gasteiger partial charge is 0.439 e. The van der Waals surface area contributed by atoms with Crippen molar-refractivity contribution in [2.45, 2.75) is 20.4 Å². The number of hydrogen-bond acceptors (Lipinski definition) is 4. The summed E-state index contributed by atoms with van der Waals surface area (Å²) in [6, 6.07) is 2.04. The van der Waals surface area contributed by atoms with Crippen LogP contribution in [0.3, 0.4) is 0 Å². The molecule has 2 heterocycles. The first-order valence-electron chi connectivity index (χ1n) is 5.43. The Kier molecular flexibility index (Phi) is 3.74. The van der Waals surface area contributed by atoms with Gasteiger partial charge in [-0.3, -0.25) is 0 Å². The standard InChI is InChI=1S/C12H16N2OS/c1-9(2)5-13-7-12-14-6-11(15-12)10-3-4-16-8-10/h3-4,6,8-9,13H,5,7H2,1-2H3. The Balaban J connectivity index is 1.93. The van der Waals surface area contributed by atoms with Crippen molar-refractivity contribution in [1.29, 1.82) is 0 Å². The van der Waals surface area contributed by atoms with Crippen molar-refractivity contribution in [2.24, 2.45) is 5.92 Å². The van der Waals surface area contributed by atoms with Crippen LogP contribution in [0.5, 0.6) is 0 Å². The maximum absolute atomic E-state index is 5.64. The van der Waals surface area contributed by atoms with Crippen LogP contribution in [-0.2, 0) is 6.54 Å². The second-order valence-electron chi connectivity index (χ2n) is 4.16. The van der Waals surface area contributed by atoms with Gasteiger partial charge in [-0.15, -0.1) is 0 Å². The van der Waals surface area contributed by atoms with Gasteiger partial charge in [0.2, 0.25) is 5.89 Å². The lowest BCUT2D eigenvalue weighted by Gasteiger charge is -2.04. The lowest BCUT2D eigenvalue weighted by atomic mass is 10.2. The molecule has 0 aromatic carbocycles. The van der Waals surface area contributed by atoms with Gasteiger partial charge in [0.25, 0.3) is 0 Å². The van der Waals surface area contributed by atoms with E-state index in [1.807, 2.05) is 11.4 Å². The van der Waals surface area contributed by atoms with Crippen LogP contribution in [0.4, 0.5) is 0 Å². The van der Waals surface area contributed by atoms with Crippen molar-refractivity contribution in [1.82, 2.24) is 10.3 Å². The fraction of sp³-hybridized carbons (Fsp3) is 0.417. The molecule has 0 radical (unpaired) electrons. The highest BCUT2D eigenvalue weighted by atomic mass is 32.1. The van der Waals surface area contributed by atoms with Gasteiger partial charge in [-0.05, 0) is 23.9 Å². The van der Waals surface area contributed by atoms with Crippen LogP contribution in [0.1, 0.15) is 19.7 Å². The van der Waals surface area contributed by atoms with E-state index in [1.54, 1.807) is 17.5 Å². The Morgan fingerprint density at radius 1 is 1.50 bits per heavy atom. The van der Waals surface area contributed by atoms with Gasteiger partial charge < -0.3 is 9.73 Å². The van der Waals surface area contributed by atoms with Crippen LogP contribution in [0.15, 0.2) is 27.4 Å². The van der Waals surface area contributed by atoms with Gasteiger partial charge in [-0.1, -0.05) is 13.8 Å². The molecule has 0 amide bonds. The number of oxazole rings is 1. The van der Waals surface area contributed by atoms with Gasteiger partial charge in [0.05, 0.1) is 12.7 Å². The average Bonchev–Trinajstić information content (AvgIpc) is 2.85. The Hall–Kier alpha value is -1.13. The minimum Gasteiger partial charge on any atom is -0.439 e. The molecule has 0 fully saturated rings. The highest BCUT2D eigenvalue weighted by Gasteiger charge is 2.06. The summed E-state index contributed by atoms with van der Waals surface area (Å²) in [5.74, 6) is 2.25. The molecule has 2 aromatic heterocycles. The molecule has 0 aliphatic rings. The molecule has 0 bridgehead atoms. The molecule has 16 heavy (non-hydrogen) atoms. The summed E-state index contributed by atoms with van der Waals surface area (Å²) >= 11 is 1.66. The number of nitrogens with one attached hydrogen (secondary N) is 1. The summed E-state index contributed by atoms with van der Waals surface area (Å²) in [5, 5.41) is 7.40. The SMILES string of the molecule is CC(C)CNCc1ncc(-c2ccsc2)o1. The highest BCUT2D eigenvalue weighted by molar-refractivity contribution is 7.08. The smallest absolute Gasteiger partial charge is 0.208 e. The van der Waals surface area contributed by atoms with Crippen molar-refractivity contribution in [3.8, 4) is 11.3 Å². The third-order valence-corrected chi connectivity index (χ3v) is 2.87. The van der Waals surface area contributed by atoms with Crippen molar-refractivity contribution in [3.05, 3.63) is 28.9 Å². The third kappa shape index (κ3) is 2.93. The summed E-state index contributed by atoms with van der Waals surface area (Å²) in [5.41, 5.74) is 1.10. The molecule has 0 unspecified atom stereocenters. The van der Waals surface area contributed by atoms with Crippen molar-refractivity contribution in [2.75, 3.05) is 6.54 Å². The molecule has 1 N–H and O–H groups in total. The van der Waals surface area contributed by atoms with Crippen LogP contribution >= 0.6 is 11.3 Å². The van der Waals surface area contributed by atoms with Crippen LogP contribution in [0.25, 0.3) is 11.3 Å². The Labute approximate surface area is 99.5 Å². The van der Waals surface area contributed by atoms with Gasteiger partial charge >= 0.3 is 0 Å². The van der Waals surface area contributed by atoms with Crippen LogP contribution in [0, 0.1) is 5.92 Å². The Morgan fingerprint density at radius 2 is 2.38 bits per heavy atom. The minimum absolute atomic E-state index is 0.645. The zero-order chi connectivity index (χ0) is 11.4. The quantitative estimate of drug-likeness (QED) is 0.866. The lowest BCUT2D eigenvalue weighted by Crippen LogP contribution is -2.18. The van der Waals surface area contributed by atoms with Gasteiger partial charge in [0.1, 0.15) is 0 Å².